The highest BCUT2D eigenvalue weighted by Gasteiger charge is 2.34. The van der Waals surface area contributed by atoms with E-state index in [4.69, 9.17) is 0 Å². The van der Waals surface area contributed by atoms with E-state index in [2.05, 4.69) is 10.3 Å². The van der Waals surface area contributed by atoms with Crippen LogP contribution in [0.5, 0.6) is 0 Å². The number of anilines is 1. The van der Waals surface area contributed by atoms with Gasteiger partial charge in [0.15, 0.2) is 5.69 Å². The highest BCUT2D eigenvalue weighted by Crippen LogP contribution is 2.29. The van der Waals surface area contributed by atoms with Crippen molar-refractivity contribution in [2.45, 2.75) is 12.6 Å². The molecule has 2 aromatic heterocycles. The number of nitrogens with one attached hydrogen (secondary N) is 1. The summed E-state index contributed by atoms with van der Waals surface area (Å²) in [5.41, 5.74) is -1.03. The third kappa shape index (κ3) is 3.34. The van der Waals surface area contributed by atoms with Gasteiger partial charge in [-0.3, -0.25) is 10.1 Å². The molecule has 1 amide bonds. The molecule has 1 N–H and O–H groups in total. The van der Waals surface area contributed by atoms with Crippen LogP contribution in [0.2, 0.25) is 0 Å². The number of hydrogen-bond donors (Lipinski definition) is 1. The van der Waals surface area contributed by atoms with Crippen molar-refractivity contribution < 1.29 is 18.0 Å². The van der Waals surface area contributed by atoms with E-state index in [0.29, 0.717) is 0 Å². The highest BCUT2D eigenvalue weighted by atomic mass is 32.1. The lowest BCUT2D eigenvalue weighted by Crippen LogP contribution is -2.16. The fourth-order valence-corrected chi connectivity index (χ4v) is 2.16. The third-order valence-corrected chi connectivity index (χ3v) is 3.21. The maximum atomic E-state index is 12.4. The molecular weight excluding hydrogens is 279 g/mol. The molecule has 8 heteroatoms. The van der Waals surface area contributed by atoms with Gasteiger partial charge in [-0.05, 0) is 11.4 Å². The Kier molecular flexibility index (Phi) is 3.61. The van der Waals surface area contributed by atoms with Crippen LogP contribution in [0.3, 0.4) is 0 Å². The number of nitrogens with zero attached hydrogens (tertiary/aromatic N) is 2. The van der Waals surface area contributed by atoms with Crippen molar-refractivity contribution >= 4 is 23.2 Å². The summed E-state index contributed by atoms with van der Waals surface area (Å²) in [5.74, 6) is -0.515. The third-order valence-electron chi connectivity index (χ3n) is 2.33. The van der Waals surface area contributed by atoms with Crippen LogP contribution in [-0.2, 0) is 24.4 Å². The summed E-state index contributed by atoms with van der Waals surface area (Å²) in [6, 6.07) is 3.58. The Morgan fingerprint density at radius 2 is 2.26 bits per heavy atom. The monoisotopic (exact) mass is 289 g/mol. The predicted octanol–water partition coefficient (Wildman–Crippen LogP) is 2.68. The lowest BCUT2D eigenvalue weighted by Gasteiger charge is -2.03. The van der Waals surface area contributed by atoms with Crippen LogP contribution < -0.4 is 5.32 Å². The molecular formula is C11H10F3N3OS. The number of aryl methyl sites for hydroxylation is 1. The Balaban J connectivity index is 2.07. The Bertz CT molecular complexity index is 575. The number of rotatable bonds is 3. The summed E-state index contributed by atoms with van der Waals surface area (Å²) >= 11 is 1.41. The first-order valence-corrected chi connectivity index (χ1v) is 6.17. The molecule has 2 heterocycles. The summed E-state index contributed by atoms with van der Waals surface area (Å²) in [7, 11) is 1.39. The van der Waals surface area contributed by atoms with E-state index in [9.17, 15) is 18.0 Å². The summed E-state index contributed by atoms with van der Waals surface area (Å²) in [5, 5.41) is 4.19. The van der Waals surface area contributed by atoms with Gasteiger partial charge < -0.3 is 4.57 Å². The number of imidazole rings is 1. The van der Waals surface area contributed by atoms with Gasteiger partial charge in [-0.2, -0.15) is 13.2 Å². The van der Waals surface area contributed by atoms with E-state index in [0.717, 1.165) is 15.6 Å². The average Bonchev–Trinajstić information content (AvgIpc) is 2.88. The number of hydrogen-bond acceptors (Lipinski definition) is 3. The lowest BCUT2D eigenvalue weighted by atomic mass is 10.3. The standard InChI is InChI=1S/C11H10F3N3OS/c1-17-6-8(11(12,13)14)15-10(17)16-9(18)5-7-3-2-4-19-7/h2-4,6H,5H2,1H3,(H,15,16,18). The summed E-state index contributed by atoms with van der Waals surface area (Å²) in [4.78, 5) is 15.8. The quantitative estimate of drug-likeness (QED) is 0.944. The zero-order valence-corrected chi connectivity index (χ0v) is 10.7. The van der Waals surface area contributed by atoms with Crippen LogP contribution >= 0.6 is 11.3 Å². The fourth-order valence-electron chi connectivity index (χ4n) is 1.46. The van der Waals surface area contributed by atoms with Gasteiger partial charge in [0.25, 0.3) is 0 Å². The van der Waals surface area contributed by atoms with Crippen molar-refractivity contribution in [2.75, 3.05) is 5.32 Å². The molecule has 0 radical (unpaired) electrons. The molecule has 0 aromatic carbocycles. The van der Waals surface area contributed by atoms with E-state index in [1.54, 1.807) is 12.1 Å². The van der Waals surface area contributed by atoms with Crippen LogP contribution in [0.15, 0.2) is 23.7 Å². The molecule has 19 heavy (non-hydrogen) atoms. The minimum atomic E-state index is -4.52. The van der Waals surface area contributed by atoms with Crippen LogP contribution in [0.4, 0.5) is 19.1 Å². The van der Waals surface area contributed by atoms with Crippen LogP contribution in [0, 0.1) is 0 Å². The molecule has 2 rings (SSSR count). The van der Waals surface area contributed by atoms with Crippen LogP contribution in [0.25, 0.3) is 0 Å². The van der Waals surface area contributed by atoms with Gasteiger partial charge in [-0.1, -0.05) is 6.07 Å². The maximum absolute atomic E-state index is 12.4. The second-order valence-corrected chi connectivity index (χ2v) is 4.89. The molecule has 102 valence electrons. The Morgan fingerprint density at radius 1 is 1.53 bits per heavy atom. The zero-order chi connectivity index (χ0) is 14.0. The molecule has 0 aliphatic heterocycles. The number of thiophene rings is 1. The van der Waals surface area contributed by atoms with E-state index in [1.165, 1.54) is 18.4 Å². The number of halogens is 3. The van der Waals surface area contributed by atoms with Gasteiger partial charge in [0.1, 0.15) is 0 Å². The van der Waals surface area contributed by atoms with Gasteiger partial charge in [0.2, 0.25) is 11.9 Å². The SMILES string of the molecule is Cn1cc(C(F)(F)F)nc1NC(=O)Cc1cccs1. The number of aromatic nitrogens is 2. The highest BCUT2D eigenvalue weighted by molar-refractivity contribution is 7.10. The van der Waals surface area contributed by atoms with Crippen molar-refractivity contribution in [1.29, 1.82) is 0 Å². The molecule has 0 spiro atoms. The molecule has 0 aliphatic rings. The van der Waals surface area contributed by atoms with Gasteiger partial charge in [0.05, 0.1) is 6.42 Å². The second-order valence-electron chi connectivity index (χ2n) is 3.86. The molecule has 0 atom stereocenters. The average molecular weight is 289 g/mol. The Hall–Kier alpha value is -1.83. The first-order chi connectivity index (χ1) is 8.86. The van der Waals surface area contributed by atoms with Crippen LogP contribution in [-0.4, -0.2) is 15.5 Å². The number of alkyl halides is 3. The number of carbonyl (C=O) groups excluding carboxylic acids is 1. The van der Waals surface area contributed by atoms with Crippen LogP contribution in [0.1, 0.15) is 10.6 Å². The molecule has 0 aliphatic carbocycles. The van der Waals surface area contributed by atoms with Crippen molar-refractivity contribution in [3.05, 3.63) is 34.3 Å². The van der Waals surface area contributed by atoms with Gasteiger partial charge in [-0.25, -0.2) is 4.98 Å². The minimum absolute atomic E-state index is 0.117. The largest absolute Gasteiger partial charge is 0.434 e. The molecule has 0 bridgehead atoms. The molecule has 4 nitrogen and oxygen atoms in total. The van der Waals surface area contributed by atoms with Crippen molar-refractivity contribution in [1.82, 2.24) is 9.55 Å². The predicted molar refractivity (Wildman–Crippen MR) is 64.9 cm³/mol. The second kappa shape index (κ2) is 5.04. The summed E-state index contributed by atoms with van der Waals surface area (Å²) in [6.07, 6.45) is -3.57. The lowest BCUT2D eigenvalue weighted by molar-refractivity contribution is -0.141. The first kappa shape index (κ1) is 13.6. The summed E-state index contributed by atoms with van der Waals surface area (Å²) < 4.78 is 38.4. The van der Waals surface area contributed by atoms with E-state index in [1.807, 2.05) is 5.38 Å². The van der Waals surface area contributed by atoms with E-state index < -0.39 is 17.8 Å². The number of carbonyl (C=O) groups is 1. The van der Waals surface area contributed by atoms with Gasteiger partial charge in [-0.15, -0.1) is 11.3 Å². The smallest absolute Gasteiger partial charge is 0.320 e. The number of amides is 1. The molecule has 0 fully saturated rings. The normalized spacial score (nSPS) is 11.6. The molecule has 2 aromatic rings. The van der Waals surface area contributed by atoms with Gasteiger partial charge >= 0.3 is 6.18 Å². The van der Waals surface area contributed by atoms with Gasteiger partial charge in [0, 0.05) is 18.1 Å². The fraction of sp³-hybridized carbons (Fsp3) is 0.273. The Labute approximate surface area is 110 Å². The van der Waals surface area contributed by atoms with Crippen molar-refractivity contribution in [3.63, 3.8) is 0 Å². The molecule has 0 saturated heterocycles. The van der Waals surface area contributed by atoms with E-state index >= 15 is 0 Å². The van der Waals surface area contributed by atoms with Crippen molar-refractivity contribution in [2.24, 2.45) is 7.05 Å². The van der Waals surface area contributed by atoms with E-state index in [-0.39, 0.29) is 12.4 Å². The summed E-state index contributed by atoms with van der Waals surface area (Å²) in [6.45, 7) is 0. The minimum Gasteiger partial charge on any atom is -0.320 e. The molecule has 0 unspecified atom stereocenters. The first-order valence-electron chi connectivity index (χ1n) is 5.29. The topological polar surface area (TPSA) is 46.9 Å². The molecule has 0 saturated carbocycles. The Morgan fingerprint density at radius 3 is 2.79 bits per heavy atom. The maximum Gasteiger partial charge on any atom is 0.434 e. The van der Waals surface area contributed by atoms with Crippen molar-refractivity contribution in [3.8, 4) is 0 Å². The zero-order valence-electron chi connectivity index (χ0n) is 9.86.